The lowest BCUT2D eigenvalue weighted by Crippen LogP contribution is -2.35. The Labute approximate surface area is 177 Å². The summed E-state index contributed by atoms with van der Waals surface area (Å²) in [6.45, 7) is 0.713. The molecular weight excluding hydrogens is 370 g/mol. The molecule has 4 nitrogen and oxygen atoms in total. The Morgan fingerprint density at radius 3 is 2.23 bits per heavy atom. The number of carbonyl (C=O) groups excluding carboxylic acids is 1. The zero-order valence-electron chi connectivity index (χ0n) is 17.2. The number of para-hydroxylation sites is 1. The third-order valence-corrected chi connectivity index (χ3v) is 5.09. The molecule has 1 N–H and O–H groups in total. The van der Waals surface area contributed by atoms with Gasteiger partial charge in [-0.05, 0) is 31.8 Å². The predicted octanol–water partition coefficient (Wildman–Crippen LogP) is 4.93. The molecule has 1 amide bonds. The van der Waals surface area contributed by atoms with Crippen LogP contribution in [0.1, 0.15) is 22.0 Å². The van der Waals surface area contributed by atoms with Crippen molar-refractivity contribution in [3.05, 3.63) is 102 Å². The average Bonchev–Trinajstić information content (AvgIpc) is 2.78. The van der Waals surface area contributed by atoms with E-state index in [1.807, 2.05) is 93.0 Å². The van der Waals surface area contributed by atoms with Crippen LogP contribution in [0.2, 0.25) is 0 Å². The van der Waals surface area contributed by atoms with Gasteiger partial charge >= 0.3 is 0 Å². The van der Waals surface area contributed by atoms with Gasteiger partial charge in [-0.25, -0.2) is 4.98 Å². The number of fused-ring (bicyclic) bond motifs is 1. The second-order valence-corrected chi connectivity index (χ2v) is 7.64. The molecule has 0 bridgehead atoms. The van der Waals surface area contributed by atoms with Crippen LogP contribution >= 0.6 is 0 Å². The van der Waals surface area contributed by atoms with Crippen molar-refractivity contribution in [1.82, 2.24) is 15.2 Å². The molecule has 30 heavy (non-hydrogen) atoms. The lowest BCUT2D eigenvalue weighted by atomic mass is 10.0. The molecule has 4 aromatic rings. The fraction of sp³-hybridized carbons (Fsp3) is 0.154. The van der Waals surface area contributed by atoms with E-state index in [9.17, 15) is 4.79 Å². The highest BCUT2D eigenvalue weighted by molar-refractivity contribution is 6.07. The molecule has 0 saturated heterocycles. The number of nitrogens with one attached hydrogen (secondary N) is 1. The zero-order valence-corrected chi connectivity index (χ0v) is 17.2. The Balaban J connectivity index is 1.74. The lowest BCUT2D eigenvalue weighted by Gasteiger charge is -2.23. The summed E-state index contributed by atoms with van der Waals surface area (Å²) in [5.74, 6) is -0.0958. The van der Waals surface area contributed by atoms with Gasteiger partial charge < -0.3 is 10.2 Å². The highest BCUT2D eigenvalue weighted by Gasteiger charge is 2.19. The molecule has 150 valence electrons. The number of aromatic nitrogens is 1. The smallest absolute Gasteiger partial charge is 0.252 e. The molecule has 0 radical (unpaired) electrons. The van der Waals surface area contributed by atoms with E-state index in [2.05, 4.69) is 22.3 Å². The van der Waals surface area contributed by atoms with Gasteiger partial charge in [-0.3, -0.25) is 4.79 Å². The standard InChI is InChI=1S/C26H25N3O/c1-29(2)18-25(20-13-7-4-8-14-20)28-26(30)22-17-24(19-11-5-3-6-12-19)27-23-16-10-9-15-21(22)23/h3-17,25H,18H2,1-2H3,(H,28,30). The van der Waals surface area contributed by atoms with Crippen molar-refractivity contribution in [3.63, 3.8) is 0 Å². The summed E-state index contributed by atoms with van der Waals surface area (Å²) in [6, 6.07) is 29.6. The third-order valence-electron chi connectivity index (χ3n) is 5.09. The van der Waals surface area contributed by atoms with Crippen LogP contribution < -0.4 is 5.32 Å². The first-order chi connectivity index (χ1) is 14.6. The molecule has 0 aliphatic rings. The molecule has 1 unspecified atom stereocenters. The highest BCUT2D eigenvalue weighted by atomic mass is 16.1. The van der Waals surface area contributed by atoms with Crippen LogP contribution in [0.25, 0.3) is 22.2 Å². The second kappa shape index (κ2) is 8.89. The highest BCUT2D eigenvalue weighted by Crippen LogP contribution is 2.25. The number of amides is 1. The minimum Gasteiger partial charge on any atom is -0.344 e. The van der Waals surface area contributed by atoms with Crippen molar-refractivity contribution in [3.8, 4) is 11.3 Å². The van der Waals surface area contributed by atoms with Crippen LogP contribution in [-0.2, 0) is 0 Å². The second-order valence-electron chi connectivity index (χ2n) is 7.64. The van der Waals surface area contributed by atoms with Crippen molar-refractivity contribution < 1.29 is 4.79 Å². The SMILES string of the molecule is CN(C)CC(NC(=O)c1cc(-c2ccccc2)nc2ccccc12)c1ccccc1. The fourth-order valence-electron chi connectivity index (χ4n) is 3.64. The fourth-order valence-corrected chi connectivity index (χ4v) is 3.64. The third kappa shape index (κ3) is 4.39. The molecule has 0 spiro atoms. The van der Waals surface area contributed by atoms with Crippen LogP contribution in [-0.4, -0.2) is 36.4 Å². The predicted molar refractivity (Wildman–Crippen MR) is 122 cm³/mol. The summed E-state index contributed by atoms with van der Waals surface area (Å²) >= 11 is 0. The Hall–Kier alpha value is -3.50. The minimum absolute atomic E-state index is 0.0958. The first kappa shape index (κ1) is 19.8. The van der Waals surface area contributed by atoms with Crippen molar-refractivity contribution in [2.24, 2.45) is 0 Å². The summed E-state index contributed by atoms with van der Waals surface area (Å²) in [5.41, 5.74) is 4.32. The van der Waals surface area contributed by atoms with E-state index in [1.54, 1.807) is 0 Å². The maximum Gasteiger partial charge on any atom is 0.252 e. The number of rotatable bonds is 6. The Morgan fingerprint density at radius 1 is 0.900 bits per heavy atom. The number of hydrogen-bond acceptors (Lipinski definition) is 3. The van der Waals surface area contributed by atoms with Crippen LogP contribution in [0.3, 0.4) is 0 Å². The van der Waals surface area contributed by atoms with E-state index in [1.165, 1.54) is 0 Å². The Bertz CT molecular complexity index is 1140. The monoisotopic (exact) mass is 395 g/mol. The Morgan fingerprint density at radius 2 is 1.53 bits per heavy atom. The van der Waals surface area contributed by atoms with Gasteiger partial charge in [0.1, 0.15) is 0 Å². The minimum atomic E-state index is -0.110. The van der Waals surface area contributed by atoms with Gasteiger partial charge in [-0.15, -0.1) is 0 Å². The van der Waals surface area contributed by atoms with Crippen molar-refractivity contribution in [2.45, 2.75) is 6.04 Å². The van der Waals surface area contributed by atoms with Gasteiger partial charge in [-0.1, -0.05) is 78.9 Å². The first-order valence-corrected chi connectivity index (χ1v) is 10.1. The summed E-state index contributed by atoms with van der Waals surface area (Å²) in [5, 5.41) is 4.10. The molecule has 0 aliphatic heterocycles. The molecule has 4 heteroatoms. The van der Waals surface area contributed by atoms with Crippen LogP contribution in [0.4, 0.5) is 0 Å². The molecule has 1 atom stereocenters. The van der Waals surface area contributed by atoms with Gasteiger partial charge in [-0.2, -0.15) is 0 Å². The topological polar surface area (TPSA) is 45.2 Å². The van der Waals surface area contributed by atoms with E-state index < -0.39 is 0 Å². The van der Waals surface area contributed by atoms with Gasteiger partial charge in [0.25, 0.3) is 5.91 Å². The maximum absolute atomic E-state index is 13.5. The van der Waals surface area contributed by atoms with E-state index >= 15 is 0 Å². The van der Waals surface area contributed by atoms with Crippen molar-refractivity contribution >= 4 is 16.8 Å². The van der Waals surface area contributed by atoms with E-state index in [-0.39, 0.29) is 11.9 Å². The number of benzene rings is 3. The summed E-state index contributed by atoms with van der Waals surface area (Å²) in [7, 11) is 4.02. The van der Waals surface area contributed by atoms with E-state index in [0.29, 0.717) is 12.1 Å². The van der Waals surface area contributed by atoms with Crippen LogP contribution in [0.5, 0.6) is 0 Å². The number of nitrogens with zero attached hydrogens (tertiary/aromatic N) is 2. The van der Waals surface area contributed by atoms with E-state index in [0.717, 1.165) is 27.7 Å². The lowest BCUT2D eigenvalue weighted by molar-refractivity contribution is 0.0931. The van der Waals surface area contributed by atoms with Gasteiger partial charge in [0.2, 0.25) is 0 Å². The normalized spacial score (nSPS) is 12.1. The maximum atomic E-state index is 13.5. The average molecular weight is 396 g/mol. The van der Waals surface area contributed by atoms with Gasteiger partial charge in [0.05, 0.1) is 22.8 Å². The molecule has 0 fully saturated rings. The van der Waals surface area contributed by atoms with E-state index in [4.69, 9.17) is 4.98 Å². The Kier molecular flexibility index (Phi) is 5.87. The number of carbonyl (C=O) groups is 1. The number of pyridine rings is 1. The molecule has 0 saturated carbocycles. The first-order valence-electron chi connectivity index (χ1n) is 10.1. The summed E-state index contributed by atoms with van der Waals surface area (Å²) < 4.78 is 0. The van der Waals surface area contributed by atoms with Gasteiger partial charge in [0.15, 0.2) is 0 Å². The quantitative estimate of drug-likeness (QED) is 0.503. The number of likely N-dealkylation sites (N-methyl/N-ethyl adjacent to an activating group) is 1. The van der Waals surface area contributed by atoms with Gasteiger partial charge in [0, 0.05) is 17.5 Å². The zero-order chi connectivity index (χ0) is 20.9. The van der Waals surface area contributed by atoms with Crippen LogP contribution in [0, 0.1) is 0 Å². The summed E-state index contributed by atoms with van der Waals surface area (Å²) in [6.07, 6.45) is 0. The molecular formula is C26H25N3O. The van der Waals surface area contributed by atoms with Crippen molar-refractivity contribution in [1.29, 1.82) is 0 Å². The molecule has 3 aromatic carbocycles. The molecule has 0 aliphatic carbocycles. The molecule has 1 aromatic heterocycles. The summed E-state index contributed by atoms with van der Waals surface area (Å²) in [4.78, 5) is 20.3. The largest absolute Gasteiger partial charge is 0.344 e. The van der Waals surface area contributed by atoms with Crippen LogP contribution in [0.15, 0.2) is 91.0 Å². The van der Waals surface area contributed by atoms with Crippen molar-refractivity contribution in [2.75, 3.05) is 20.6 Å². The number of hydrogen-bond donors (Lipinski definition) is 1. The molecule has 1 heterocycles. The molecule has 4 rings (SSSR count).